The van der Waals surface area contributed by atoms with Gasteiger partial charge in [0.15, 0.2) is 0 Å². The van der Waals surface area contributed by atoms with E-state index in [1.165, 1.54) is 6.20 Å². The maximum absolute atomic E-state index is 11.6. The van der Waals surface area contributed by atoms with Crippen LogP contribution < -0.4 is 10.1 Å². The van der Waals surface area contributed by atoms with Crippen molar-refractivity contribution in [2.24, 2.45) is 0 Å². The van der Waals surface area contributed by atoms with Crippen LogP contribution >= 0.6 is 0 Å². The maximum atomic E-state index is 11.6. The molecule has 6 nitrogen and oxygen atoms in total. The number of hydrogen-bond acceptors (Lipinski definition) is 5. The molecule has 1 amide bonds. The molecular weight excluding hydrogens is 294 g/mol. The van der Waals surface area contributed by atoms with Crippen molar-refractivity contribution in [3.8, 4) is 23.8 Å². The number of amides is 1. The Morgan fingerprint density at radius 1 is 1.22 bits per heavy atom. The number of nitrogens with zero attached hydrogens (tertiary/aromatic N) is 2. The summed E-state index contributed by atoms with van der Waals surface area (Å²) in [5, 5.41) is 2.54. The molecule has 1 N–H and O–H groups in total. The minimum absolute atomic E-state index is 0.366. The van der Waals surface area contributed by atoms with Gasteiger partial charge < -0.3 is 9.47 Å². The van der Waals surface area contributed by atoms with Crippen molar-refractivity contribution < 1.29 is 14.3 Å². The van der Waals surface area contributed by atoms with Crippen LogP contribution in [0.2, 0.25) is 0 Å². The predicted molar refractivity (Wildman–Crippen MR) is 86.3 cm³/mol. The number of hydrogen-bond donors (Lipinski definition) is 1. The smallest absolute Gasteiger partial charge is 0.413 e. The Balaban J connectivity index is 1.99. The summed E-state index contributed by atoms with van der Waals surface area (Å²) < 4.78 is 10.8. The molecule has 118 valence electrons. The summed E-state index contributed by atoms with van der Waals surface area (Å²) in [4.78, 5) is 19.7. The van der Waals surface area contributed by atoms with Gasteiger partial charge in [0, 0.05) is 12.3 Å². The first-order valence-corrected chi connectivity index (χ1v) is 6.92. The number of carbonyl (C=O) groups excluding carboxylic acids is 1. The van der Waals surface area contributed by atoms with Crippen molar-refractivity contribution in [2.75, 3.05) is 5.32 Å². The van der Waals surface area contributed by atoms with Gasteiger partial charge in [-0.1, -0.05) is 5.92 Å². The first kappa shape index (κ1) is 16.3. The average Bonchev–Trinajstić information content (AvgIpc) is 2.47. The summed E-state index contributed by atoms with van der Waals surface area (Å²) in [5.74, 6) is 3.87. The molecule has 0 saturated carbocycles. The molecule has 2 aromatic heterocycles. The monoisotopic (exact) mass is 311 g/mol. The second-order valence-electron chi connectivity index (χ2n) is 5.63. The zero-order chi connectivity index (χ0) is 16.9. The van der Waals surface area contributed by atoms with Gasteiger partial charge in [0.2, 0.25) is 0 Å². The van der Waals surface area contributed by atoms with E-state index in [-0.39, 0.29) is 0 Å². The van der Waals surface area contributed by atoms with Crippen molar-refractivity contribution >= 4 is 11.9 Å². The van der Waals surface area contributed by atoms with E-state index in [0.29, 0.717) is 23.0 Å². The normalized spacial score (nSPS) is 10.5. The standard InChI is InChI=1S/C17H17N3O3/c1-5-12-10-13(8-9-18-12)22-14-6-7-15(19-11-14)20-16(21)23-17(2,3)4/h1,6-11H,2-4H3,(H,19,20,21). The fourth-order valence-corrected chi connectivity index (χ4v) is 1.61. The van der Waals surface area contributed by atoms with E-state index >= 15 is 0 Å². The van der Waals surface area contributed by atoms with Crippen molar-refractivity contribution in [3.05, 3.63) is 42.4 Å². The summed E-state index contributed by atoms with van der Waals surface area (Å²) in [6.07, 6.45) is 7.78. The van der Waals surface area contributed by atoms with Gasteiger partial charge in [0.05, 0.1) is 6.20 Å². The number of terminal acetylenes is 1. The van der Waals surface area contributed by atoms with E-state index in [0.717, 1.165) is 0 Å². The van der Waals surface area contributed by atoms with Gasteiger partial charge in [0.25, 0.3) is 0 Å². The zero-order valence-corrected chi connectivity index (χ0v) is 13.2. The molecule has 6 heteroatoms. The quantitative estimate of drug-likeness (QED) is 0.877. The van der Waals surface area contributed by atoms with Gasteiger partial charge in [-0.25, -0.2) is 14.8 Å². The second-order valence-corrected chi connectivity index (χ2v) is 5.63. The number of anilines is 1. The third kappa shape index (κ3) is 5.32. The Morgan fingerprint density at radius 2 is 2.00 bits per heavy atom. The van der Waals surface area contributed by atoms with Crippen LogP contribution in [0.15, 0.2) is 36.7 Å². The summed E-state index contributed by atoms with van der Waals surface area (Å²) >= 11 is 0. The zero-order valence-electron chi connectivity index (χ0n) is 13.2. The maximum Gasteiger partial charge on any atom is 0.413 e. The van der Waals surface area contributed by atoms with Crippen LogP contribution in [0.3, 0.4) is 0 Å². The summed E-state index contributed by atoms with van der Waals surface area (Å²) in [7, 11) is 0. The molecule has 0 unspecified atom stereocenters. The highest BCUT2D eigenvalue weighted by atomic mass is 16.6. The number of pyridine rings is 2. The third-order valence-corrected chi connectivity index (χ3v) is 2.48. The molecule has 0 atom stereocenters. The Bertz CT molecular complexity index is 728. The Hall–Kier alpha value is -3.07. The Kier molecular flexibility index (Phi) is 4.82. The molecule has 0 saturated heterocycles. The van der Waals surface area contributed by atoms with Crippen LogP contribution in [-0.4, -0.2) is 21.7 Å². The molecule has 0 aliphatic heterocycles. The number of aromatic nitrogens is 2. The van der Waals surface area contributed by atoms with Crippen molar-refractivity contribution in [1.82, 2.24) is 9.97 Å². The number of nitrogens with one attached hydrogen (secondary N) is 1. The molecule has 0 spiro atoms. The van der Waals surface area contributed by atoms with Gasteiger partial charge in [-0.05, 0) is 39.0 Å². The highest BCUT2D eigenvalue weighted by Crippen LogP contribution is 2.21. The fourth-order valence-electron chi connectivity index (χ4n) is 1.61. The number of ether oxygens (including phenoxy) is 2. The van der Waals surface area contributed by atoms with Gasteiger partial charge in [-0.3, -0.25) is 5.32 Å². The lowest BCUT2D eigenvalue weighted by atomic mass is 10.2. The van der Waals surface area contributed by atoms with Crippen LogP contribution in [0.1, 0.15) is 26.5 Å². The second kappa shape index (κ2) is 6.79. The van der Waals surface area contributed by atoms with Crippen molar-refractivity contribution in [3.63, 3.8) is 0 Å². The lowest BCUT2D eigenvalue weighted by Crippen LogP contribution is -2.27. The minimum Gasteiger partial charge on any atom is -0.456 e. The van der Waals surface area contributed by atoms with E-state index < -0.39 is 11.7 Å². The van der Waals surface area contributed by atoms with Crippen LogP contribution in [-0.2, 0) is 4.74 Å². The third-order valence-electron chi connectivity index (χ3n) is 2.48. The minimum atomic E-state index is -0.566. The van der Waals surface area contributed by atoms with Gasteiger partial charge in [-0.15, -0.1) is 6.42 Å². The SMILES string of the molecule is C#Cc1cc(Oc2ccc(NC(=O)OC(C)(C)C)nc2)ccn1. The largest absolute Gasteiger partial charge is 0.456 e. The van der Waals surface area contributed by atoms with E-state index in [1.54, 1.807) is 51.2 Å². The number of carbonyl (C=O) groups is 1. The fraction of sp³-hybridized carbons (Fsp3) is 0.235. The molecule has 0 aliphatic carbocycles. The highest BCUT2D eigenvalue weighted by molar-refractivity contribution is 5.83. The van der Waals surface area contributed by atoms with E-state index in [2.05, 4.69) is 21.2 Å². The van der Waals surface area contributed by atoms with Crippen LogP contribution in [0.4, 0.5) is 10.6 Å². The molecule has 2 rings (SSSR count). The first-order valence-electron chi connectivity index (χ1n) is 6.92. The van der Waals surface area contributed by atoms with Gasteiger partial charge in [0.1, 0.15) is 28.6 Å². The average molecular weight is 311 g/mol. The molecule has 0 aliphatic rings. The topological polar surface area (TPSA) is 73.3 Å². The van der Waals surface area contributed by atoms with Gasteiger partial charge >= 0.3 is 6.09 Å². The first-order chi connectivity index (χ1) is 10.9. The van der Waals surface area contributed by atoms with E-state index in [9.17, 15) is 4.79 Å². The van der Waals surface area contributed by atoms with Crippen LogP contribution in [0.5, 0.6) is 11.5 Å². The van der Waals surface area contributed by atoms with Gasteiger partial charge in [-0.2, -0.15) is 0 Å². The summed E-state index contributed by atoms with van der Waals surface area (Å²) in [5.41, 5.74) is -0.0814. The molecule has 0 bridgehead atoms. The Labute approximate surface area is 134 Å². The Morgan fingerprint density at radius 3 is 2.61 bits per heavy atom. The van der Waals surface area contributed by atoms with E-state index in [4.69, 9.17) is 15.9 Å². The number of rotatable bonds is 3. The molecule has 2 aromatic rings. The molecule has 2 heterocycles. The molecule has 0 radical (unpaired) electrons. The van der Waals surface area contributed by atoms with E-state index in [1.807, 2.05) is 0 Å². The van der Waals surface area contributed by atoms with Crippen LogP contribution in [0, 0.1) is 12.3 Å². The predicted octanol–water partition coefficient (Wildman–Crippen LogP) is 3.60. The molecule has 0 fully saturated rings. The molecule has 23 heavy (non-hydrogen) atoms. The lowest BCUT2D eigenvalue weighted by molar-refractivity contribution is 0.0635. The molecular formula is C17H17N3O3. The summed E-state index contributed by atoms with van der Waals surface area (Å²) in [6, 6.07) is 6.62. The lowest BCUT2D eigenvalue weighted by Gasteiger charge is -2.19. The van der Waals surface area contributed by atoms with Crippen LogP contribution in [0.25, 0.3) is 0 Å². The highest BCUT2D eigenvalue weighted by Gasteiger charge is 2.16. The van der Waals surface area contributed by atoms with Crippen molar-refractivity contribution in [1.29, 1.82) is 0 Å². The molecule has 0 aromatic carbocycles. The van der Waals surface area contributed by atoms with Crippen molar-refractivity contribution in [2.45, 2.75) is 26.4 Å². The summed E-state index contributed by atoms with van der Waals surface area (Å²) in [6.45, 7) is 5.36.